The SMILES string of the molecule is CC1(C)CC[C@]2(C(=O)n3cnc(-c4cccnc4)c3)CC[C@]3(C)[C@H](C(=O)C=C4[C@@]5(C)C=C(C#N)C(=O)[C@@]6(C)CN[C@@]56CC[C@]43C)[C@@H]2C1. The van der Waals surface area contributed by atoms with E-state index in [4.69, 9.17) is 0 Å². The van der Waals surface area contributed by atoms with Crippen molar-refractivity contribution in [3.05, 3.63) is 60.3 Å². The van der Waals surface area contributed by atoms with E-state index >= 15 is 0 Å². The number of allylic oxidation sites excluding steroid dienone is 2. The molecular formula is C39H45N5O3. The molecule has 2 aromatic heterocycles. The third-order valence-electron chi connectivity index (χ3n) is 15.0. The average molecular weight is 632 g/mol. The van der Waals surface area contributed by atoms with Crippen molar-refractivity contribution in [2.75, 3.05) is 6.54 Å². The number of aromatic nitrogens is 3. The Balaban J connectivity index is 1.25. The Bertz CT molecular complexity index is 1870. The highest BCUT2D eigenvalue weighted by Crippen LogP contribution is 2.76. The first-order valence-corrected chi connectivity index (χ1v) is 17.3. The van der Waals surface area contributed by atoms with E-state index in [1.54, 1.807) is 23.3 Å². The minimum absolute atomic E-state index is 0.00209. The molecule has 0 aromatic carbocycles. The van der Waals surface area contributed by atoms with Gasteiger partial charge in [-0.3, -0.25) is 23.9 Å². The number of nitrogens with one attached hydrogen (secondary N) is 1. The van der Waals surface area contributed by atoms with Crippen LogP contribution in [-0.4, -0.2) is 44.1 Å². The van der Waals surface area contributed by atoms with Gasteiger partial charge < -0.3 is 5.32 Å². The van der Waals surface area contributed by atoms with Gasteiger partial charge in [-0.2, -0.15) is 5.26 Å². The number of ketones is 2. The summed E-state index contributed by atoms with van der Waals surface area (Å²) in [6.45, 7) is 13.9. The fourth-order valence-corrected chi connectivity index (χ4v) is 12.0. The molecular weight excluding hydrogens is 586 g/mol. The number of carbonyl (C=O) groups is 3. The van der Waals surface area contributed by atoms with E-state index in [1.807, 2.05) is 37.4 Å². The second kappa shape index (κ2) is 9.25. The maximum absolute atomic E-state index is 14.9. The Morgan fingerprint density at radius 2 is 1.79 bits per heavy atom. The van der Waals surface area contributed by atoms with Crippen molar-refractivity contribution >= 4 is 17.5 Å². The first-order chi connectivity index (χ1) is 22.1. The van der Waals surface area contributed by atoms with Gasteiger partial charge in [-0.05, 0) is 97.8 Å². The minimum Gasteiger partial charge on any atom is -0.308 e. The number of hydrogen-bond acceptors (Lipinski definition) is 7. The summed E-state index contributed by atoms with van der Waals surface area (Å²) in [5.41, 5.74) is -0.432. The predicted molar refractivity (Wildman–Crippen MR) is 177 cm³/mol. The topological polar surface area (TPSA) is 118 Å². The summed E-state index contributed by atoms with van der Waals surface area (Å²) in [6.07, 6.45) is 16.3. The molecule has 244 valence electrons. The second-order valence-electron chi connectivity index (χ2n) is 17.3. The van der Waals surface area contributed by atoms with Gasteiger partial charge in [-0.1, -0.05) is 40.7 Å². The Labute approximate surface area is 277 Å². The van der Waals surface area contributed by atoms with Crippen LogP contribution in [0.1, 0.15) is 91.3 Å². The molecule has 3 saturated carbocycles. The molecule has 1 N–H and O–H groups in total. The van der Waals surface area contributed by atoms with Crippen LogP contribution in [-0.2, 0) is 9.59 Å². The normalized spacial score (nSPS) is 43.0. The summed E-state index contributed by atoms with van der Waals surface area (Å²) >= 11 is 0. The molecule has 0 radical (unpaired) electrons. The molecule has 0 bridgehead atoms. The van der Waals surface area contributed by atoms with Crippen LogP contribution in [0.25, 0.3) is 11.3 Å². The fourth-order valence-electron chi connectivity index (χ4n) is 12.0. The maximum Gasteiger partial charge on any atom is 0.238 e. The van der Waals surface area contributed by atoms with Crippen LogP contribution in [0, 0.1) is 55.7 Å². The number of nitriles is 1. The third kappa shape index (κ3) is 3.49. The van der Waals surface area contributed by atoms with E-state index in [2.05, 4.69) is 56.0 Å². The van der Waals surface area contributed by atoms with Gasteiger partial charge in [0.05, 0.1) is 22.1 Å². The fraction of sp³-hybridized carbons (Fsp3) is 0.590. The van der Waals surface area contributed by atoms with E-state index in [0.717, 1.165) is 49.7 Å². The van der Waals surface area contributed by atoms with E-state index in [9.17, 15) is 19.6 Å². The van der Waals surface area contributed by atoms with Gasteiger partial charge >= 0.3 is 0 Å². The van der Waals surface area contributed by atoms with E-state index in [-0.39, 0.29) is 45.7 Å². The second-order valence-corrected chi connectivity index (χ2v) is 17.3. The van der Waals surface area contributed by atoms with Crippen molar-refractivity contribution in [3.63, 3.8) is 0 Å². The molecule has 0 unspecified atom stereocenters. The number of imidazole rings is 1. The summed E-state index contributed by atoms with van der Waals surface area (Å²) in [4.78, 5) is 52.1. The van der Waals surface area contributed by atoms with Gasteiger partial charge in [0.25, 0.3) is 0 Å². The summed E-state index contributed by atoms with van der Waals surface area (Å²) in [5, 5.41) is 13.8. The molecule has 3 heterocycles. The van der Waals surface area contributed by atoms with Crippen molar-refractivity contribution in [2.45, 2.75) is 92.0 Å². The monoisotopic (exact) mass is 631 g/mol. The van der Waals surface area contributed by atoms with E-state index < -0.39 is 27.2 Å². The smallest absolute Gasteiger partial charge is 0.238 e. The molecule has 1 saturated heterocycles. The van der Waals surface area contributed by atoms with Gasteiger partial charge in [0.1, 0.15) is 12.4 Å². The lowest BCUT2D eigenvalue weighted by Gasteiger charge is -2.75. The van der Waals surface area contributed by atoms with E-state index in [0.29, 0.717) is 18.7 Å². The average Bonchev–Trinajstić information content (AvgIpc) is 3.54. The molecule has 47 heavy (non-hydrogen) atoms. The van der Waals surface area contributed by atoms with Crippen LogP contribution >= 0.6 is 0 Å². The van der Waals surface area contributed by atoms with Crippen LogP contribution < -0.4 is 5.32 Å². The molecule has 8 nitrogen and oxygen atoms in total. The zero-order valence-corrected chi connectivity index (χ0v) is 28.4. The first kappa shape index (κ1) is 30.6. The third-order valence-corrected chi connectivity index (χ3v) is 15.0. The maximum atomic E-state index is 14.9. The molecule has 1 spiro atoms. The molecule has 2 aromatic rings. The van der Waals surface area contributed by atoms with Crippen LogP contribution in [0.3, 0.4) is 0 Å². The standard InChI is InChI=1S/C39H45N5O3/c1-33(2)9-12-38(32(47)44-21-27(42-23-44)24-8-7-15-41-20-24)13-10-35(4)30(26(38)18-33)28(45)16-29-34(35,3)11-14-39-36(29,5)17-25(19-40)31(46)37(39,6)22-43-39/h7-8,15-17,20-21,23,26,30,43H,9-14,18,22H2,1-6H3/t26-,30-,34+,35+,36+,37+,38-,39-/m0/s1. The highest BCUT2D eigenvalue weighted by molar-refractivity contribution is 6.07. The first-order valence-electron chi connectivity index (χ1n) is 17.3. The zero-order valence-electron chi connectivity index (χ0n) is 28.4. The van der Waals surface area contributed by atoms with Crippen LogP contribution in [0.4, 0.5) is 0 Å². The van der Waals surface area contributed by atoms with Crippen LogP contribution in [0.15, 0.2) is 60.3 Å². The van der Waals surface area contributed by atoms with Crippen molar-refractivity contribution in [1.82, 2.24) is 19.9 Å². The number of carbonyl (C=O) groups excluding carboxylic acids is 3. The molecule has 8 heteroatoms. The molecule has 8 rings (SSSR count). The van der Waals surface area contributed by atoms with Crippen molar-refractivity contribution < 1.29 is 14.4 Å². The Hall–Kier alpha value is -3.70. The molecule has 5 aliphatic carbocycles. The summed E-state index contributed by atoms with van der Waals surface area (Å²) < 4.78 is 1.67. The molecule has 0 amide bonds. The summed E-state index contributed by atoms with van der Waals surface area (Å²) in [7, 11) is 0. The molecule has 4 fully saturated rings. The van der Waals surface area contributed by atoms with Gasteiger partial charge in [0, 0.05) is 47.6 Å². The number of pyridine rings is 1. The summed E-state index contributed by atoms with van der Waals surface area (Å²) in [6, 6.07) is 6.03. The lowest BCUT2D eigenvalue weighted by molar-refractivity contribution is -0.178. The van der Waals surface area contributed by atoms with Crippen LogP contribution in [0.5, 0.6) is 0 Å². The van der Waals surface area contributed by atoms with Crippen LogP contribution in [0.2, 0.25) is 0 Å². The Morgan fingerprint density at radius 3 is 2.47 bits per heavy atom. The van der Waals surface area contributed by atoms with Gasteiger partial charge in [0.15, 0.2) is 11.6 Å². The van der Waals surface area contributed by atoms with Gasteiger partial charge in [-0.15, -0.1) is 0 Å². The quantitative estimate of drug-likeness (QED) is 0.402. The Kier molecular flexibility index (Phi) is 6.03. The van der Waals surface area contributed by atoms with Gasteiger partial charge in [-0.25, -0.2) is 4.98 Å². The number of rotatable bonds is 2. The summed E-state index contributed by atoms with van der Waals surface area (Å²) in [5.74, 6) is -0.352. The van der Waals surface area contributed by atoms with Crippen molar-refractivity contribution in [2.24, 2.45) is 44.3 Å². The zero-order chi connectivity index (χ0) is 33.4. The van der Waals surface area contributed by atoms with Gasteiger partial charge in [0.2, 0.25) is 5.91 Å². The highest BCUT2D eigenvalue weighted by Gasteiger charge is 2.77. The minimum atomic E-state index is -0.689. The number of nitrogens with zero attached hydrogens (tertiary/aromatic N) is 4. The molecule has 8 atom stereocenters. The number of Topliss-reactive ketones (excluding diaryl/α,β-unsaturated/α-hetero) is 1. The lowest BCUT2D eigenvalue weighted by Crippen LogP contribution is -2.84. The van der Waals surface area contributed by atoms with E-state index in [1.165, 1.54) is 0 Å². The predicted octanol–water partition coefficient (Wildman–Crippen LogP) is 6.51. The molecule has 1 aliphatic heterocycles. The van der Waals surface area contributed by atoms with Crippen molar-refractivity contribution in [1.29, 1.82) is 5.26 Å². The number of fused-ring (bicyclic) bond motifs is 6. The molecule has 6 aliphatic rings. The highest BCUT2D eigenvalue weighted by atomic mass is 16.2. The Morgan fingerprint density at radius 1 is 1.02 bits per heavy atom. The lowest BCUT2D eigenvalue weighted by atomic mass is 9.31. The van der Waals surface area contributed by atoms with Crippen molar-refractivity contribution in [3.8, 4) is 17.3 Å². The number of hydrogen-bond donors (Lipinski definition) is 1. The largest absolute Gasteiger partial charge is 0.308 e.